The molecule has 0 radical (unpaired) electrons. The standard InChI is InChI=1S/C25H24N4O4/c1-4-29-23-20(6-5-13-26-23)28-22(25(29)31)16-7-9-17(10-8-16)24(30)27-15-18-14-19(32-2)11-12-21(18)33-3/h5-14H,4,15H2,1-3H3,(H,27,30). The van der Waals surface area contributed by atoms with Crippen LogP contribution in [-0.2, 0) is 13.1 Å². The third kappa shape index (κ3) is 4.41. The molecule has 0 bridgehead atoms. The van der Waals surface area contributed by atoms with Crippen LogP contribution < -0.4 is 20.3 Å². The maximum Gasteiger partial charge on any atom is 0.278 e. The average Bonchev–Trinajstić information content (AvgIpc) is 2.86. The van der Waals surface area contributed by atoms with Crippen LogP contribution in [0, 0.1) is 0 Å². The molecule has 2 heterocycles. The van der Waals surface area contributed by atoms with Crippen LogP contribution in [0.15, 0.2) is 65.6 Å². The van der Waals surface area contributed by atoms with Crippen molar-refractivity contribution in [1.29, 1.82) is 0 Å². The molecule has 2 aromatic carbocycles. The van der Waals surface area contributed by atoms with E-state index in [4.69, 9.17) is 9.47 Å². The minimum atomic E-state index is -0.243. The molecule has 1 N–H and O–H groups in total. The molecule has 0 aliphatic carbocycles. The molecule has 2 aromatic heterocycles. The Morgan fingerprint density at radius 1 is 1.06 bits per heavy atom. The first-order valence-electron chi connectivity index (χ1n) is 10.5. The highest BCUT2D eigenvalue weighted by Crippen LogP contribution is 2.24. The summed E-state index contributed by atoms with van der Waals surface area (Å²) in [6.07, 6.45) is 1.64. The molecule has 4 rings (SSSR count). The predicted molar refractivity (Wildman–Crippen MR) is 126 cm³/mol. The summed E-state index contributed by atoms with van der Waals surface area (Å²) in [6.45, 7) is 2.65. The summed E-state index contributed by atoms with van der Waals surface area (Å²) in [4.78, 5) is 34.5. The lowest BCUT2D eigenvalue weighted by Crippen LogP contribution is -2.24. The van der Waals surface area contributed by atoms with Gasteiger partial charge in [0.05, 0.1) is 14.2 Å². The zero-order valence-corrected chi connectivity index (χ0v) is 18.7. The van der Waals surface area contributed by atoms with Crippen LogP contribution in [0.2, 0.25) is 0 Å². The molecule has 0 aliphatic rings. The van der Waals surface area contributed by atoms with E-state index in [0.29, 0.717) is 46.0 Å². The Hall–Kier alpha value is -4.20. The first-order chi connectivity index (χ1) is 16.0. The quantitative estimate of drug-likeness (QED) is 0.469. The van der Waals surface area contributed by atoms with Crippen molar-refractivity contribution in [1.82, 2.24) is 19.9 Å². The molecular formula is C25H24N4O4. The number of rotatable bonds is 7. The van der Waals surface area contributed by atoms with E-state index in [-0.39, 0.29) is 18.0 Å². The maximum absolute atomic E-state index is 13.0. The van der Waals surface area contributed by atoms with Gasteiger partial charge < -0.3 is 14.8 Å². The van der Waals surface area contributed by atoms with E-state index in [1.807, 2.05) is 19.1 Å². The third-order valence-corrected chi connectivity index (χ3v) is 5.37. The molecule has 0 spiro atoms. The Bertz CT molecular complexity index is 1360. The van der Waals surface area contributed by atoms with Crippen molar-refractivity contribution >= 4 is 17.1 Å². The van der Waals surface area contributed by atoms with E-state index < -0.39 is 0 Å². The number of hydrogen-bond acceptors (Lipinski definition) is 6. The van der Waals surface area contributed by atoms with Gasteiger partial charge in [-0.15, -0.1) is 0 Å². The zero-order chi connectivity index (χ0) is 23.4. The molecule has 0 saturated carbocycles. The van der Waals surface area contributed by atoms with E-state index in [9.17, 15) is 9.59 Å². The number of carbonyl (C=O) groups is 1. The molecule has 168 valence electrons. The summed E-state index contributed by atoms with van der Waals surface area (Å²) < 4.78 is 12.2. The molecule has 0 unspecified atom stereocenters. The van der Waals surface area contributed by atoms with Crippen LogP contribution in [0.1, 0.15) is 22.8 Å². The van der Waals surface area contributed by atoms with Crippen molar-refractivity contribution in [3.63, 3.8) is 0 Å². The third-order valence-electron chi connectivity index (χ3n) is 5.37. The molecule has 4 aromatic rings. The predicted octanol–water partition coefficient (Wildman–Crippen LogP) is 3.43. The summed E-state index contributed by atoms with van der Waals surface area (Å²) >= 11 is 0. The number of hydrogen-bond donors (Lipinski definition) is 1. The fraction of sp³-hybridized carbons (Fsp3) is 0.200. The highest BCUT2D eigenvalue weighted by Gasteiger charge is 2.14. The van der Waals surface area contributed by atoms with Gasteiger partial charge in [0.15, 0.2) is 5.65 Å². The highest BCUT2D eigenvalue weighted by atomic mass is 16.5. The summed E-state index contributed by atoms with van der Waals surface area (Å²) in [7, 11) is 3.16. The first-order valence-corrected chi connectivity index (χ1v) is 10.5. The summed E-state index contributed by atoms with van der Waals surface area (Å²) in [6, 6.07) is 15.8. The number of nitrogens with zero attached hydrogens (tertiary/aromatic N) is 3. The van der Waals surface area contributed by atoms with E-state index in [1.165, 1.54) is 0 Å². The van der Waals surface area contributed by atoms with Crippen molar-refractivity contribution in [3.8, 4) is 22.8 Å². The molecule has 8 nitrogen and oxygen atoms in total. The highest BCUT2D eigenvalue weighted by molar-refractivity contribution is 5.94. The number of aryl methyl sites for hydroxylation is 1. The minimum Gasteiger partial charge on any atom is -0.497 e. The summed E-state index contributed by atoms with van der Waals surface area (Å²) in [5.74, 6) is 1.10. The number of fused-ring (bicyclic) bond motifs is 1. The van der Waals surface area contributed by atoms with Crippen molar-refractivity contribution in [2.75, 3.05) is 14.2 Å². The number of nitrogens with one attached hydrogen (secondary N) is 1. The second-order valence-corrected chi connectivity index (χ2v) is 7.29. The number of benzene rings is 2. The lowest BCUT2D eigenvalue weighted by Gasteiger charge is -2.12. The van der Waals surface area contributed by atoms with Crippen molar-refractivity contribution < 1.29 is 14.3 Å². The lowest BCUT2D eigenvalue weighted by atomic mass is 10.1. The van der Waals surface area contributed by atoms with Gasteiger partial charge in [-0.2, -0.15) is 0 Å². The smallest absolute Gasteiger partial charge is 0.278 e. The van der Waals surface area contributed by atoms with Crippen molar-refractivity contribution in [3.05, 3.63) is 82.3 Å². The number of pyridine rings is 1. The Morgan fingerprint density at radius 3 is 2.55 bits per heavy atom. The van der Waals surface area contributed by atoms with Gasteiger partial charge in [-0.25, -0.2) is 9.97 Å². The van der Waals surface area contributed by atoms with Gasteiger partial charge >= 0.3 is 0 Å². The monoisotopic (exact) mass is 444 g/mol. The number of ether oxygens (including phenoxy) is 2. The van der Waals surface area contributed by atoms with Crippen LogP contribution in [0.3, 0.4) is 0 Å². The Balaban J connectivity index is 1.56. The minimum absolute atomic E-state index is 0.217. The Morgan fingerprint density at radius 2 is 1.85 bits per heavy atom. The van der Waals surface area contributed by atoms with Gasteiger partial charge in [0, 0.05) is 36.0 Å². The average molecular weight is 444 g/mol. The van der Waals surface area contributed by atoms with Gasteiger partial charge in [-0.3, -0.25) is 14.2 Å². The van der Waals surface area contributed by atoms with Crippen molar-refractivity contribution in [2.45, 2.75) is 20.0 Å². The zero-order valence-electron chi connectivity index (χ0n) is 18.7. The van der Waals surface area contributed by atoms with Crippen molar-refractivity contribution in [2.24, 2.45) is 0 Å². The van der Waals surface area contributed by atoms with Gasteiger partial charge in [-0.05, 0) is 49.4 Å². The maximum atomic E-state index is 13.0. The van der Waals surface area contributed by atoms with E-state index >= 15 is 0 Å². The molecule has 1 amide bonds. The van der Waals surface area contributed by atoms with Gasteiger partial charge in [0.2, 0.25) is 0 Å². The fourth-order valence-electron chi connectivity index (χ4n) is 3.63. The molecule has 0 atom stereocenters. The molecule has 33 heavy (non-hydrogen) atoms. The van der Waals surface area contributed by atoms with Gasteiger partial charge in [-0.1, -0.05) is 12.1 Å². The fourth-order valence-corrected chi connectivity index (χ4v) is 3.63. The second kappa shape index (κ2) is 9.52. The Kier molecular flexibility index (Phi) is 6.35. The first kappa shape index (κ1) is 22.0. The SMILES string of the molecule is CCn1c(=O)c(-c2ccc(C(=O)NCc3cc(OC)ccc3OC)cc2)nc2cccnc21. The van der Waals surface area contributed by atoms with Crippen LogP contribution in [0.5, 0.6) is 11.5 Å². The number of amides is 1. The van der Waals surface area contributed by atoms with E-state index in [2.05, 4.69) is 15.3 Å². The van der Waals surface area contributed by atoms with Gasteiger partial charge in [0.1, 0.15) is 22.7 Å². The Labute approximate surface area is 190 Å². The number of carbonyl (C=O) groups excluding carboxylic acids is 1. The second-order valence-electron chi connectivity index (χ2n) is 7.29. The summed E-state index contributed by atoms with van der Waals surface area (Å²) in [5.41, 5.74) is 3.21. The number of aromatic nitrogens is 3. The van der Waals surface area contributed by atoms with Crippen LogP contribution in [-0.4, -0.2) is 34.7 Å². The molecule has 0 fully saturated rings. The normalized spacial score (nSPS) is 10.8. The molecule has 0 saturated heterocycles. The largest absolute Gasteiger partial charge is 0.497 e. The summed E-state index contributed by atoms with van der Waals surface area (Å²) in [5, 5.41) is 2.89. The number of methoxy groups -OCH3 is 2. The molecule has 0 aliphatic heterocycles. The molecular weight excluding hydrogens is 420 g/mol. The van der Waals surface area contributed by atoms with Gasteiger partial charge in [0.25, 0.3) is 11.5 Å². The topological polar surface area (TPSA) is 95.3 Å². The van der Waals surface area contributed by atoms with Crippen LogP contribution in [0.25, 0.3) is 22.4 Å². The van der Waals surface area contributed by atoms with E-state index in [1.54, 1.807) is 67.4 Å². The molecule has 8 heteroatoms. The lowest BCUT2D eigenvalue weighted by molar-refractivity contribution is 0.0950. The van der Waals surface area contributed by atoms with E-state index in [0.717, 1.165) is 5.56 Å². The van der Waals surface area contributed by atoms with Crippen LogP contribution >= 0.6 is 0 Å². The van der Waals surface area contributed by atoms with Crippen LogP contribution in [0.4, 0.5) is 0 Å².